The van der Waals surface area contributed by atoms with Crippen LogP contribution in [0, 0.1) is 5.92 Å². The fourth-order valence-corrected chi connectivity index (χ4v) is 4.72. The highest BCUT2D eigenvalue weighted by atomic mass is 79.9. The van der Waals surface area contributed by atoms with E-state index in [0.29, 0.717) is 31.8 Å². The highest BCUT2D eigenvalue weighted by Gasteiger charge is 2.33. The molecule has 1 aliphatic heterocycles. The Morgan fingerprint density at radius 2 is 1.97 bits per heavy atom. The van der Waals surface area contributed by atoms with E-state index < -0.39 is 55.7 Å². The van der Waals surface area contributed by atoms with Crippen LogP contribution >= 0.6 is 15.9 Å². The van der Waals surface area contributed by atoms with Gasteiger partial charge in [-0.25, -0.2) is 8.42 Å². The second kappa shape index (κ2) is 9.65. The fourth-order valence-electron chi connectivity index (χ4n) is 3.03. The van der Waals surface area contributed by atoms with Crippen molar-refractivity contribution in [1.29, 1.82) is 0 Å². The number of carbonyl (C=O) groups excluding carboxylic acids is 1. The molecule has 3 rings (SSSR count). The van der Waals surface area contributed by atoms with E-state index in [2.05, 4.69) is 26.0 Å². The van der Waals surface area contributed by atoms with Gasteiger partial charge in [0.25, 0.3) is 15.9 Å². The zero-order valence-electron chi connectivity index (χ0n) is 16.6. The summed E-state index contributed by atoms with van der Waals surface area (Å²) in [5.41, 5.74) is -1.41. The van der Waals surface area contributed by atoms with Crippen molar-refractivity contribution in [3.05, 3.63) is 40.4 Å². The highest BCUT2D eigenvalue weighted by Crippen LogP contribution is 2.37. The molecule has 0 aromatic heterocycles. The number of anilines is 1. The topological polar surface area (TPSA) is 134 Å². The molecule has 1 heterocycles. The smallest absolute Gasteiger partial charge is 0.507 e. The lowest BCUT2D eigenvalue weighted by atomic mass is 10.1. The molecule has 180 valence electrons. The lowest BCUT2D eigenvalue weighted by Gasteiger charge is -2.17. The SMILES string of the molecule is O=C(NCC1CCOC1)c1cc(OC(F)(F)F)cc(NS(=O)(=O)c2cc(Br)ccc2O)c1O. The molecule has 2 aromatic carbocycles. The van der Waals surface area contributed by atoms with Gasteiger partial charge in [0, 0.05) is 29.6 Å². The number of phenolic OH excluding ortho intramolecular Hbond substituents is 2. The normalized spacial score (nSPS) is 16.4. The molecule has 0 bridgehead atoms. The van der Waals surface area contributed by atoms with E-state index in [1.807, 2.05) is 4.72 Å². The number of hydrogen-bond donors (Lipinski definition) is 4. The maximum absolute atomic E-state index is 12.8. The first kappa shape index (κ1) is 24.9. The van der Waals surface area contributed by atoms with Gasteiger partial charge >= 0.3 is 6.36 Å². The molecule has 4 N–H and O–H groups in total. The van der Waals surface area contributed by atoms with Crippen molar-refractivity contribution in [1.82, 2.24) is 5.32 Å². The summed E-state index contributed by atoms with van der Waals surface area (Å²) in [6.07, 6.45) is -4.48. The van der Waals surface area contributed by atoms with E-state index in [9.17, 15) is 36.6 Å². The third-order valence-electron chi connectivity index (χ3n) is 4.59. The molecular weight excluding hydrogens is 537 g/mol. The number of hydrogen-bond acceptors (Lipinski definition) is 7. The Morgan fingerprint density at radius 1 is 1.24 bits per heavy atom. The molecule has 0 aliphatic carbocycles. The number of amides is 1. The van der Waals surface area contributed by atoms with Crippen LogP contribution in [0.25, 0.3) is 0 Å². The van der Waals surface area contributed by atoms with Crippen LogP contribution in [0.2, 0.25) is 0 Å². The van der Waals surface area contributed by atoms with Crippen LogP contribution in [-0.2, 0) is 14.8 Å². The van der Waals surface area contributed by atoms with Crippen molar-refractivity contribution < 1.29 is 46.1 Å². The third kappa shape index (κ3) is 6.42. The van der Waals surface area contributed by atoms with Gasteiger partial charge in [-0.2, -0.15) is 0 Å². The Hall–Kier alpha value is -2.71. The van der Waals surface area contributed by atoms with Gasteiger partial charge in [-0.15, -0.1) is 13.2 Å². The first-order valence-corrected chi connectivity index (χ1v) is 11.6. The molecule has 1 atom stereocenters. The summed E-state index contributed by atoms with van der Waals surface area (Å²) in [4.78, 5) is 11.9. The van der Waals surface area contributed by atoms with Crippen LogP contribution in [0.4, 0.5) is 18.9 Å². The van der Waals surface area contributed by atoms with Crippen LogP contribution in [0.15, 0.2) is 39.7 Å². The van der Waals surface area contributed by atoms with Gasteiger partial charge in [-0.1, -0.05) is 15.9 Å². The van der Waals surface area contributed by atoms with Crippen LogP contribution in [-0.4, -0.2) is 50.7 Å². The monoisotopic (exact) mass is 554 g/mol. The van der Waals surface area contributed by atoms with Gasteiger partial charge in [0.05, 0.1) is 17.9 Å². The molecular formula is C19H18BrF3N2O7S. The summed E-state index contributed by atoms with van der Waals surface area (Å²) in [7, 11) is -4.59. The average Bonchev–Trinajstić information content (AvgIpc) is 3.22. The maximum atomic E-state index is 12.8. The Kier molecular flexibility index (Phi) is 7.29. The number of alkyl halides is 3. The number of phenols is 2. The Bertz CT molecular complexity index is 1150. The third-order valence-corrected chi connectivity index (χ3v) is 6.48. The van der Waals surface area contributed by atoms with E-state index in [4.69, 9.17) is 4.74 Å². The van der Waals surface area contributed by atoms with Crippen LogP contribution in [0.5, 0.6) is 17.2 Å². The van der Waals surface area contributed by atoms with Crippen molar-refractivity contribution in [3.8, 4) is 17.2 Å². The molecule has 0 radical (unpaired) electrons. The van der Waals surface area contributed by atoms with E-state index >= 15 is 0 Å². The number of rotatable bonds is 7. The molecule has 0 saturated carbocycles. The minimum absolute atomic E-state index is 0.0109. The molecule has 14 heteroatoms. The predicted octanol–water partition coefficient (Wildman–Crippen LogP) is 3.33. The van der Waals surface area contributed by atoms with E-state index in [0.717, 1.165) is 12.1 Å². The molecule has 1 amide bonds. The minimum atomic E-state index is -5.15. The summed E-state index contributed by atoms with van der Waals surface area (Å²) in [6, 6.07) is 4.69. The summed E-state index contributed by atoms with van der Waals surface area (Å²) in [5, 5.41) is 22.8. The first-order chi connectivity index (χ1) is 15.4. The average molecular weight is 555 g/mol. The van der Waals surface area contributed by atoms with Crippen LogP contribution in [0.3, 0.4) is 0 Å². The molecule has 33 heavy (non-hydrogen) atoms. The lowest BCUT2D eigenvalue weighted by Crippen LogP contribution is -2.30. The Labute approximate surface area is 194 Å². The molecule has 1 aliphatic rings. The quantitative estimate of drug-likeness (QED) is 0.385. The Morgan fingerprint density at radius 3 is 2.61 bits per heavy atom. The van der Waals surface area contributed by atoms with Crippen molar-refractivity contribution in [3.63, 3.8) is 0 Å². The number of benzene rings is 2. The van der Waals surface area contributed by atoms with E-state index in [-0.39, 0.29) is 16.9 Å². The summed E-state index contributed by atoms with van der Waals surface area (Å²) >= 11 is 3.05. The fraction of sp³-hybridized carbons (Fsp3) is 0.316. The molecule has 1 unspecified atom stereocenters. The zero-order chi connectivity index (χ0) is 24.4. The number of halogens is 4. The van der Waals surface area contributed by atoms with Gasteiger partial charge < -0.3 is 25.0 Å². The van der Waals surface area contributed by atoms with Crippen molar-refractivity contribution in [2.24, 2.45) is 5.92 Å². The highest BCUT2D eigenvalue weighted by molar-refractivity contribution is 9.10. The number of aromatic hydroxyl groups is 2. The second-order valence-electron chi connectivity index (χ2n) is 7.07. The van der Waals surface area contributed by atoms with E-state index in [1.165, 1.54) is 6.07 Å². The van der Waals surface area contributed by atoms with Gasteiger partial charge in [0.2, 0.25) is 0 Å². The van der Waals surface area contributed by atoms with Gasteiger partial charge in [0.15, 0.2) is 5.75 Å². The van der Waals surface area contributed by atoms with Crippen molar-refractivity contribution >= 4 is 37.5 Å². The van der Waals surface area contributed by atoms with Crippen molar-refractivity contribution in [2.75, 3.05) is 24.5 Å². The van der Waals surface area contributed by atoms with Gasteiger partial charge in [-0.05, 0) is 30.7 Å². The standard InChI is InChI=1S/C19H18BrF3N2O7S/c20-11-1-2-15(26)16(5-11)33(29,30)25-14-7-12(32-19(21,22)23)6-13(17(14)27)18(28)24-8-10-3-4-31-9-10/h1-2,5-7,10,25-27H,3-4,8-9H2,(H,24,28). The first-order valence-electron chi connectivity index (χ1n) is 9.36. The number of nitrogens with one attached hydrogen (secondary N) is 2. The Balaban J connectivity index is 1.97. The summed E-state index contributed by atoms with van der Waals surface area (Å²) in [6.45, 7) is 1.04. The number of sulfonamides is 1. The van der Waals surface area contributed by atoms with Gasteiger partial charge in [0.1, 0.15) is 16.4 Å². The van der Waals surface area contributed by atoms with Gasteiger partial charge in [-0.3, -0.25) is 9.52 Å². The molecule has 0 spiro atoms. The molecule has 1 saturated heterocycles. The lowest BCUT2D eigenvalue weighted by molar-refractivity contribution is -0.274. The second-order valence-corrected chi connectivity index (χ2v) is 9.64. The molecule has 9 nitrogen and oxygen atoms in total. The van der Waals surface area contributed by atoms with Crippen LogP contribution < -0.4 is 14.8 Å². The maximum Gasteiger partial charge on any atom is 0.573 e. The van der Waals surface area contributed by atoms with Crippen LogP contribution in [0.1, 0.15) is 16.8 Å². The van der Waals surface area contributed by atoms with E-state index in [1.54, 1.807) is 0 Å². The molecule has 2 aromatic rings. The molecule has 1 fully saturated rings. The predicted molar refractivity (Wildman–Crippen MR) is 113 cm³/mol. The van der Waals surface area contributed by atoms with Crippen molar-refractivity contribution in [2.45, 2.75) is 17.7 Å². The largest absolute Gasteiger partial charge is 0.573 e. The summed E-state index contributed by atoms with van der Waals surface area (Å²) in [5.74, 6) is -3.47. The zero-order valence-corrected chi connectivity index (χ0v) is 19.1. The summed E-state index contributed by atoms with van der Waals surface area (Å²) < 4.78 is 75.0. The number of ether oxygens (including phenoxy) is 2. The number of carbonyl (C=O) groups is 1. The minimum Gasteiger partial charge on any atom is -0.507 e.